The van der Waals surface area contributed by atoms with Gasteiger partial charge in [0.25, 0.3) is 0 Å². The average Bonchev–Trinajstić information content (AvgIpc) is 2.96. The number of carboxylic acids is 1. The summed E-state index contributed by atoms with van der Waals surface area (Å²) in [4.78, 5) is 11.0. The van der Waals surface area contributed by atoms with Gasteiger partial charge in [-0.1, -0.05) is 11.3 Å². The summed E-state index contributed by atoms with van der Waals surface area (Å²) in [6, 6.07) is 5.24. The van der Waals surface area contributed by atoms with Crippen LogP contribution in [0.1, 0.15) is 22.8 Å². The van der Waals surface area contributed by atoms with Crippen molar-refractivity contribution < 1.29 is 14.6 Å². The van der Waals surface area contributed by atoms with Crippen LogP contribution in [0.25, 0.3) is 11.0 Å². The molecule has 1 N–H and O–H groups in total. The summed E-state index contributed by atoms with van der Waals surface area (Å²) in [5.41, 5.74) is 1.37. The average molecular weight is 233 g/mol. The molecule has 1 atom stereocenters. The maximum absolute atomic E-state index is 11.0. The number of benzene rings is 1. The molecule has 2 aromatic rings. The highest BCUT2D eigenvalue weighted by molar-refractivity contribution is 6.00. The molecule has 1 unspecified atom stereocenters. The van der Waals surface area contributed by atoms with Crippen LogP contribution in [-0.2, 0) is 4.74 Å². The molecular formula is C11H11N3O3. The van der Waals surface area contributed by atoms with E-state index < -0.39 is 5.97 Å². The molecule has 1 aromatic carbocycles. The van der Waals surface area contributed by atoms with Gasteiger partial charge in [-0.15, -0.1) is 5.10 Å². The minimum absolute atomic E-state index is 0.157. The van der Waals surface area contributed by atoms with Gasteiger partial charge in [-0.3, -0.25) is 0 Å². The van der Waals surface area contributed by atoms with E-state index in [1.807, 2.05) is 6.07 Å². The van der Waals surface area contributed by atoms with Crippen molar-refractivity contribution in [2.24, 2.45) is 0 Å². The number of fused-ring (bicyclic) bond motifs is 1. The highest BCUT2D eigenvalue weighted by Crippen LogP contribution is 2.24. The van der Waals surface area contributed by atoms with Crippen LogP contribution in [-0.4, -0.2) is 39.3 Å². The van der Waals surface area contributed by atoms with E-state index in [1.165, 1.54) is 6.07 Å². The topological polar surface area (TPSA) is 77.2 Å². The molecule has 6 nitrogen and oxygen atoms in total. The van der Waals surface area contributed by atoms with Gasteiger partial charge in [-0.05, 0) is 18.6 Å². The fraction of sp³-hybridized carbons (Fsp3) is 0.364. The number of carbonyl (C=O) groups is 1. The number of aromatic carboxylic acids is 1. The van der Waals surface area contributed by atoms with Crippen molar-refractivity contribution in [2.45, 2.75) is 12.5 Å². The molecule has 0 saturated carbocycles. The number of hydrogen-bond donors (Lipinski definition) is 1. The zero-order valence-electron chi connectivity index (χ0n) is 9.04. The van der Waals surface area contributed by atoms with Gasteiger partial charge < -0.3 is 9.84 Å². The van der Waals surface area contributed by atoms with Gasteiger partial charge in [0.05, 0.1) is 23.7 Å². The molecule has 0 radical (unpaired) electrons. The Balaban J connectivity index is 2.15. The molecule has 1 aromatic heterocycles. The number of hydrogen-bond acceptors (Lipinski definition) is 4. The molecule has 1 aliphatic heterocycles. The zero-order valence-corrected chi connectivity index (χ0v) is 9.04. The Hall–Kier alpha value is -1.95. The van der Waals surface area contributed by atoms with Crippen molar-refractivity contribution in [3.05, 3.63) is 23.8 Å². The Morgan fingerprint density at radius 1 is 1.53 bits per heavy atom. The van der Waals surface area contributed by atoms with E-state index in [1.54, 1.807) is 10.7 Å². The molecule has 0 amide bonds. The second-order valence-corrected chi connectivity index (χ2v) is 4.03. The Morgan fingerprint density at radius 3 is 3.12 bits per heavy atom. The predicted molar refractivity (Wildman–Crippen MR) is 59.0 cm³/mol. The molecule has 88 valence electrons. The first-order valence-electron chi connectivity index (χ1n) is 5.42. The van der Waals surface area contributed by atoms with Gasteiger partial charge in [0.15, 0.2) is 0 Å². The summed E-state index contributed by atoms with van der Waals surface area (Å²) in [6.45, 7) is 1.32. The largest absolute Gasteiger partial charge is 0.478 e. The van der Waals surface area contributed by atoms with Gasteiger partial charge in [0, 0.05) is 6.61 Å². The van der Waals surface area contributed by atoms with Crippen molar-refractivity contribution in [2.75, 3.05) is 13.2 Å². The molecule has 0 bridgehead atoms. The zero-order chi connectivity index (χ0) is 11.8. The van der Waals surface area contributed by atoms with Crippen molar-refractivity contribution in [3.63, 3.8) is 0 Å². The minimum atomic E-state index is -0.981. The first-order chi connectivity index (χ1) is 8.27. The van der Waals surface area contributed by atoms with E-state index in [0.29, 0.717) is 18.7 Å². The number of aromatic nitrogens is 3. The first kappa shape index (κ1) is 10.2. The number of carboxylic acid groups (broad SMARTS) is 1. The third-order valence-electron chi connectivity index (χ3n) is 2.98. The summed E-state index contributed by atoms with van der Waals surface area (Å²) in [6.07, 6.45) is 0.885. The molecule has 6 heteroatoms. The normalized spacial score (nSPS) is 19.9. The lowest BCUT2D eigenvalue weighted by Gasteiger charge is -2.08. The predicted octanol–water partition coefficient (Wildman–Crippen LogP) is 1.09. The van der Waals surface area contributed by atoms with Crippen LogP contribution in [0.3, 0.4) is 0 Å². The second kappa shape index (κ2) is 3.81. The lowest BCUT2D eigenvalue weighted by atomic mass is 10.1. The fourth-order valence-corrected chi connectivity index (χ4v) is 2.12. The van der Waals surface area contributed by atoms with Crippen LogP contribution in [0.5, 0.6) is 0 Å². The monoisotopic (exact) mass is 233 g/mol. The SMILES string of the molecule is O=C(O)c1cccc2c1nnn2C1CCOC1. The highest BCUT2D eigenvalue weighted by Gasteiger charge is 2.22. The Kier molecular flexibility index (Phi) is 2.29. The first-order valence-corrected chi connectivity index (χ1v) is 5.42. The summed E-state index contributed by atoms with van der Waals surface area (Å²) in [5, 5.41) is 17.1. The quantitative estimate of drug-likeness (QED) is 0.840. The summed E-state index contributed by atoms with van der Waals surface area (Å²) in [5.74, 6) is -0.981. The fourth-order valence-electron chi connectivity index (χ4n) is 2.12. The standard InChI is InChI=1S/C11H11N3O3/c15-11(16)8-2-1-3-9-10(8)12-13-14(9)7-4-5-17-6-7/h1-3,7H,4-6H2,(H,15,16). The molecule has 1 saturated heterocycles. The number of ether oxygens (including phenoxy) is 1. The van der Waals surface area contributed by atoms with Crippen molar-refractivity contribution >= 4 is 17.0 Å². The van der Waals surface area contributed by atoms with E-state index in [9.17, 15) is 4.79 Å². The number of rotatable bonds is 2. The van der Waals surface area contributed by atoms with Crippen LogP contribution < -0.4 is 0 Å². The minimum Gasteiger partial charge on any atom is -0.478 e. The van der Waals surface area contributed by atoms with Crippen molar-refractivity contribution in [3.8, 4) is 0 Å². The molecular weight excluding hydrogens is 222 g/mol. The van der Waals surface area contributed by atoms with Gasteiger partial charge in [-0.25, -0.2) is 9.48 Å². The summed E-state index contributed by atoms with van der Waals surface area (Å²) < 4.78 is 7.06. The number of nitrogens with zero attached hydrogens (tertiary/aromatic N) is 3. The van der Waals surface area contributed by atoms with Gasteiger partial charge in [0.1, 0.15) is 5.52 Å². The molecule has 2 heterocycles. The Morgan fingerprint density at radius 2 is 2.41 bits per heavy atom. The Bertz CT molecular complexity index is 572. The van der Waals surface area contributed by atoms with Crippen LogP contribution in [0.15, 0.2) is 18.2 Å². The van der Waals surface area contributed by atoms with Crippen LogP contribution in [0.4, 0.5) is 0 Å². The molecule has 1 fully saturated rings. The van der Waals surface area contributed by atoms with Crippen LogP contribution in [0, 0.1) is 0 Å². The lowest BCUT2D eigenvalue weighted by Crippen LogP contribution is -2.10. The maximum atomic E-state index is 11.0. The van der Waals surface area contributed by atoms with E-state index in [0.717, 1.165) is 11.9 Å². The van der Waals surface area contributed by atoms with Crippen molar-refractivity contribution in [1.82, 2.24) is 15.0 Å². The van der Waals surface area contributed by atoms with Crippen LogP contribution >= 0.6 is 0 Å². The Labute approximate surface area is 96.8 Å². The third-order valence-corrected chi connectivity index (χ3v) is 2.98. The molecule has 3 rings (SSSR count). The van der Waals surface area contributed by atoms with E-state index >= 15 is 0 Å². The van der Waals surface area contributed by atoms with Gasteiger partial charge in [0.2, 0.25) is 0 Å². The second-order valence-electron chi connectivity index (χ2n) is 4.03. The molecule has 17 heavy (non-hydrogen) atoms. The van der Waals surface area contributed by atoms with E-state index in [2.05, 4.69) is 10.3 Å². The third kappa shape index (κ3) is 1.57. The maximum Gasteiger partial charge on any atom is 0.338 e. The molecule has 0 spiro atoms. The van der Waals surface area contributed by atoms with E-state index in [4.69, 9.17) is 9.84 Å². The summed E-state index contributed by atoms with van der Waals surface area (Å²) in [7, 11) is 0. The highest BCUT2D eigenvalue weighted by atomic mass is 16.5. The molecule has 1 aliphatic rings. The van der Waals surface area contributed by atoms with E-state index in [-0.39, 0.29) is 11.6 Å². The van der Waals surface area contributed by atoms with Gasteiger partial charge in [-0.2, -0.15) is 0 Å². The van der Waals surface area contributed by atoms with Crippen LogP contribution in [0.2, 0.25) is 0 Å². The smallest absolute Gasteiger partial charge is 0.338 e. The van der Waals surface area contributed by atoms with Crippen molar-refractivity contribution in [1.29, 1.82) is 0 Å². The van der Waals surface area contributed by atoms with Gasteiger partial charge >= 0.3 is 5.97 Å². The lowest BCUT2D eigenvalue weighted by molar-refractivity contribution is 0.0699. The summed E-state index contributed by atoms with van der Waals surface area (Å²) >= 11 is 0. The molecule has 0 aliphatic carbocycles.